The molecule has 518 valence electrons. The average molecular weight is 1310 g/mol. The van der Waals surface area contributed by atoms with E-state index in [9.17, 15) is 60.7 Å². The number of Topliss-reactive ketones (excluding diaryl/α,β-unsaturated/α-hetero) is 1. The van der Waals surface area contributed by atoms with Crippen LogP contribution in [0.5, 0.6) is 0 Å². The van der Waals surface area contributed by atoms with E-state index < -0.39 is 120 Å². The van der Waals surface area contributed by atoms with Crippen molar-refractivity contribution in [1.29, 1.82) is 0 Å². The van der Waals surface area contributed by atoms with Crippen LogP contribution in [-0.4, -0.2) is 165 Å². The number of hydrogen-bond donors (Lipinski definition) is 1. The van der Waals surface area contributed by atoms with Gasteiger partial charge in [-0.2, -0.15) is 0 Å². The minimum Gasteiger partial charge on any atom is -0.480 e. The van der Waals surface area contributed by atoms with Crippen molar-refractivity contribution >= 4 is 54.0 Å². The van der Waals surface area contributed by atoms with E-state index >= 15 is 0 Å². The Morgan fingerprint density at radius 3 is 0.870 bits per heavy atom. The first-order valence-corrected chi connectivity index (χ1v) is 29.0. The van der Waals surface area contributed by atoms with Crippen LogP contribution >= 0.6 is 0 Å². The van der Waals surface area contributed by atoms with Crippen LogP contribution in [0.25, 0.3) is 0 Å². The molecule has 0 aromatic heterocycles. The zero-order chi connectivity index (χ0) is 70.6. The van der Waals surface area contributed by atoms with E-state index in [1.54, 1.807) is 114 Å². The molecule has 0 fully saturated rings. The molecule has 3 rings (SSSR count). The molecule has 0 saturated carbocycles. The maximum atomic E-state index is 13.5. The highest BCUT2D eigenvalue weighted by Gasteiger charge is 2.40. The molecule has 21 nitrogen and oxygen atoms in total. The van der Waals surface area contributed by atoms with Crippen molar-refractivity contribution in [1.82, 2.24) is 19.6 Å². The van der Waals surface area contributed by atoms with Gasteiger partial charge in [-0.1, -0.05) is 104 Å². The number of halogens is 4. The third-order valence-corrected chi connectivity index (χ3v) is 11.5. The Kier molecular flexibility index (Phi) is 36.0. The Morgan fingerprint density at radius 1 is 0.413 bits per heavy atom. The van der Waals surface area contributed by atoms with Crippen molar-refractivity contribution < 1.29 is 99.0 Å². The number of aliphatic carboxylic acids is 1. The van der Waals surface area contributed by atoms with Crippen molar-refractivity contribution in [2.45, 2.75) is 222 Å². The number of carbonyl (C=O) groups excluding carboxylic acids is 8. The molecule has 0 radical (unpaired) electrons. The highest BCUT2D eigenvalue weighted by atomic mass is 19.3. The summed E-state index contributed by atoms with van der Waals surface area (Å²) in [4.78, 5) is 111. The SMILES string of the molecule is C.C=C(C)C[C@@H](C(=O)OCc1ccccc1)N(C)C(=O)OC(C)(C)C.CC(=O)C[C@@H](C(=O)OCc1ccccc1)N(C)C(=O)OC(C)(C)C.CN(C(=O)OC(C)(C)C)[C@@H](CC(C)(F)F)C(=O)O.CN(C(=O)OC(C)(C)C)[C@@H](CC(C)(F)F)C(=O)OCc1ccccc1. The summed E-state index contributed by atoms with van der Waals surface area (Å²) in [6.45, 7) is 28.7. The summed E-state index contributed by atoms with van der Waals surface area (Å²) in [7, 11) is 5.32. The third kappa shape index (κ3) is 39.1. The van der Waals surface area contributed by atoms with Crippen molar-refractivity contribution in [2.75, 3.05) is 28.2 Å². The maximum Gasteiger partial charge on any atom is 0.410 e. The van der Waals surface area contributed by atoms with Gasteiger partial charge in [0.25, 0.3) is 0 Å². The van der Waals surface area contributed by atoms with Crippen molar-refractivity contribution in [3.8, 4) is 0 Å². The van der Waals surface area contributed by atoms with Gasteiger partial charge in [0.05, 0.1) is 0 Å². The minimum absolute atomic E-state index is 0. The number of ketones is 1. The van der Waals surface area contributed by atoms with Crippen LogP contribution in [0.4, 0.5) is 36.7 Å². The molecule has 4 amide bonds. The van der Waals surface area contributed by atoms with Crippen molar-refractivity contribution in [3.63, 3.8) is 0 Å². The standard InChI is InChI=1S/C19H27NO4.C18H25F2NO4.C18H25NO5.C11H19F2NO4.CH4/c1-14(2)12-16(20(6)18(22)24-19(3,4)5)17(21)23-13-15-10-8-7-9-11-15;1-17(2,3)25-16(23)21(5)14(11-18(4,19)20)15(22)24-12-13-9-7-6-8-10-13;1-13(20)11-15(19(5)17(22)24-18(2,3)4)16(21)23-12-14-9-7-6-8-10-14;1-10(2,3)18-9(17)14(5)7(8(15)16)6-11(4,12)13;/h7-11,16H,1,12-13H2,2-6H3;6-10,14H,11-12H2,1-5H3;6-10,15H,11-12H2,1-5H3;7H,6H2,1-5H3,(H,15,16);1H4/t16-;14-;15-;7-;/m0000./s1. The predicted octanol–water partition coefficient (Wildman–Crippen LogP) is 13.9. The van der Waals surface area contributed by atoms with Gasteiger partial charge >= 0.3 is 48.3 Å². The molecule has 0 aliphatic carbocycles. The van der Waals surface area contributed by atoms with Crippen molar-refractivity contribution in [3.05, 3.63) is 120 Å². The number of hydrogen-bond acceptors (Lipinski definition) is 16. The van der Waals surface area contributed by atoms with Gasteiger partial charge in [-0.05, 0) is 134 Å². The number of amides is 4. The fraction of sp³-hybridized carbons (Fsp3) is 0.567. The highest BCUT2D eigenvalue weighted by molar-refractivity contribution is 5.88. The fourth-order valence-corrected chi connectivity index (χ4v) is 7.13. The predicted molar refractivity (Wildman–Crippen MR) is 339 cm³/mol. The lowest BCUT2D eigenvalue weighted by Gasteiger charge is -2.30. The van der Waals surface area contributed by atoms with Crippen LogP contribution < -0.4 is 0 Å². The van der Waals surface area contributed by atoms with E-state index in [1.165, 1.54) is 33.0 Å². The molecule has 0 spiro atoms. The van der Waals surface area contributed by atoms with E-state index in [0.29, 0.717) is 25.2 Å². The summed E-state index contributed by atoms with van der Waals surface area (Å²) in [5, 5.41) is 8.87. The zero-order valence-corrected chi connectivity index (χ0v) is 56.4. The Bertz CT molecular complexity index is 2700. The van der Waals surface area contributed by atoms with Crippen LogP contribution in [0.1, 0.15) is 161 Å². The fourth-order valence-electron chi connectivity index (χ4n) is 7.13. The second kappa shape index (κ2) is 38.6. The molecule has 0 aliphatic rings. The van der Waals surface area contributed by atoms with Crippen LogP contribution in [0, 0.1) is 0 Å². The largest absolute Gasteiger partial charge is 0.480 e. The normalized spacial score (nSPS) is 12.7. The van der Waals surface area contributed by atoms with Gasteiger partial charge in [-0.15, -0.1) is 6.58 Å². The molecule has 3 aromatic carbocycles. The van der Waals surface area contributed by atoms with Crippen LogP contribution in [0.15, 0.2) is 103 Å². The summed E-state index contributed by atoms with van der Waals surface area (Å²) >= 11 is 0. The van der Waals surface area contributed by atoms with E-state index in [2.05, 4.69) is 6.58 Å². The minimum atomic E-state index is -3.18. The van der Waals surface area contributed by atoms with Crippen molar-refractivity contribution in [2.24, 2.45) is 0 Å². The lowest BCUT2D eigenvalue weighted by atomic mass is 10.1. The first-order chi connectivity index (χ1) is 41.4. The Labute approximate surface area is 541 Å². The summed E-state index contributed by atoms with van der Waals surface area (Å²) in [6.07, 6.45) is -4.66. The van der Waals surface area contributed by atoms with Gasteiger partial charge in [-0.25, -0.2) is 55.9 Å². The van der Waals surface area contributed by atoms with E-state index in [1.807, 2.05) is 66.7 Å². The first kappa shape index (κ1) is 85.8. The highest BCUT2D eigenvalue weighted by Crippen LogP contribution is 2.26. The molecule has 1 N–H and O–H groups in total. The molecule has 0 heterocycles. The quantitative estimate of drug-likeness (QED) is 0.0425. The van der Waals surface area contributed by atoms with E-state index in [4.69, 9.17) is 38.3 Å². The van der Waals surface area contributed by atoms with Crippen LogP contribution in [0.2, 0.25) is 0 Å². The maximum absolute atomic E-state index is 13.5. The number of esters is 3. The van der Waals surface area contributed by atoms with Crippen LogP contribution in [0.3, 0.4) is 0 Å². The second-order valence-electron chi connectivity index (χ2n) is 25.7. The molecule has 25 heteroatoms. The average Bonchev–Trinajstić information content (AvgIpc) is 1.04. The van der Waals surface area contributed by atoms with Gasteiger partial charge in [0.2, 0.25) is 11.8 Å². The van der Waals surface area contributed by atoms with E-state index in [0.717, 1.165) is 39.1 Å². The molecular formula is C67H100F4N4O17. The van der Waals surface area contributed by atoms with Gasteiger partial charge in [0.1, 0.15) is 72.2 Å². The molecule has 4 atom stereocenters. The van der Waals surface area contributed by atoms with Gasteiger partial charge < -0.3 is 38.3 Å². The summed E-state index contributed by atoms with van der Waals surface area (Å²) in [6, 6.07) is 22.6. The molecule has 0 bridgehead atoms. The number of carboxylic acids is 1. The summed E-state index contributed by atoms with van der Waals surface area (Å²) < 4.78 is 89.0. The molecule has 0 unspecified atom stereocenters. The van der Waals surface area contributed by atoms with Gasteiger partial charge in [0.15, 0.2) is 0 Å². The first-order valence-electron chi connectivity index (χ1n) is 29.0. The number of rotatable bonds is 22. The molecule has 0 aliphatic heterocycles. The lowest BCUT2D eigenvalue weighted by Crippen LogP contribution is -2.47. The number of likely N-dealkylation sites (N-methyl/N-ethyl adjacent to an activating group) is 4. The number of carboxylic acid groups (broad SMARTS) is 1. The summed E-state index contributed by atoms with van der Waals surface area (Å²) in [5.41, 5.74) is 0.270. The van der Waals surface area contributed by atoms with Crippen LogP contribution in [-0.2, 0) is 77.0 Å². The summed E-state index contributed by atoms with van der Waals surface area (Å²) in [5.74, 6) is -10.1. The molecule has 3 aromatic rings. The zero-order valence-electron chi connectivity index (χ0n) is 56.4. The smallest absolute Gasteiger partial charge is 0.410 e. The number of carbonyl (C=O) groups is 9. The monoisotopic (exact) mass is 1310 g/mol. The number of benzene rings is 3. The Balaban J connectivity index is 0. The number of nitrogens with zero attached hydrogens (tertiary/aromatic N) is 4. The number of ether oxygens (including phenoxy) is 7. The van der Waals surface area contributed by atoms with E-state index in [-0.39, 0.29) is 39.5 Å². The van der Waals surface area contributed by atoms with Gasteiger partial charge in [0, 0.05) is 47.5 Å². The van der Waals surface area contributed by atoms with Gasteiger partial charge in [-0.3, -0.25) is 24.4 Å². The molecular weight excluding hydrogens is 1210 g/mol. The lowest BCUT2D eigenvalue weighted by molar-refractivity contribution is -0.154. The molecule has 0 saturated heterocycles. The number of alkyl halides is 4. The third-order valence-electron chi connectivity index (χ3n) is 11.5. The Hall–Kier alpha value is -8.25. The molecule has 92 heavy (non-hydrogen) atoms. The second-order valence-corrected chi connectivity index (χ2v) is 25.7. The topological polar surface area (TPSA) is 251 Å². The Morgan fingerprint density at radius 2 is 0.641 bits per heavy atom.